The number of aliphatic carboxylic acids is 1. The van der Waals surface area contributed by atoms with Gasteiger partial charge in [-0.15, -0.1) is 0 Å². The summed E-state index contributed by atoms with van der Waals surface area (Å²) < 4.78 is 5.97. The summed E-state index contributed by atoms with van der Waals surface area (Å²) in [5.41, 5.74) is -0.0757. The third kappa shape index (κ3) is 5.06. The van der Waals surface area contributed by atoms with Gasteiger partial charge in [-0.3, -0.25) is 14.5 Å². The largest absolute Gasteiger partial charge is 0.480 e. The fourth-order valence-corrected chi connectivity index (χ4v) is 3.43. The molecule has 1 fully saturated rings. The van der Waals surface area contributed by atoms with Crippen LogP contribution in [-0.2, 0) is 15.0 Å². The molecular formula is C19H31N3O4. The van der Waals surface area contributed by atoms with E-state index in [1.165, 1.54) is 11.8 Å². The van der Waals surface area contributed by atoms with Gasteiger partial charge in [-0.05, 0) is 32.7 Å². The maximum atomic E-state index is 11.8. The second-order valence-corrected chi connectivity index (χ2v) is 8.15. The first-order valence-electron chi connectivity index (χ1n) is 9.29. The molecule has 146 valence electrons. The van der Waals surface area contributed by atoms with Crippen LogP contribution in [0.3, 0.4) is 0 Å². The molecule has 7 heteroatoms. The third-order valence-corrected chi connectivity index (χ3v) is 5.05. The maximum absolute atomic E-state index is 11.8. The van der Waals surface area contributed by atoms with Crippen molar-refractivity contribution in [3.8, 4) is 0 Å². The standard InChI is InChI=1S/C19H31N3O4/c1-13(18-20-11-16(26-18)19(3,4)5)21-9-6-7-15(8-10-21)22(14(2)23)12-17(24)25/h11,13,15H,6-10,12H2,1-5H3,(H,24,25). The molecule has 1 saturated heterocycles. The second kappa shape index (κ2) is 8.20. The number of carboxylic acid groups (broad SMARTS) is 1. The van der Waals surface area contributed by atoms with Crippen molar-refractivity contribution < 1.29 is 19.1 Å². The van der Waals surface area contributed by atoms with Crippen LogP contribution in [0.5, 0.6) is 0 Å². The molecule has 1 aromatic rings. The molecule has 0 saturated carbocycles. The number of carboxylic acids is 1. The molecule has 1 aromatic heterocycles. The van der Waals surface area contributed by atoms with Crippen LogP contribution in [0.15, 0.2) is 10.6 Å². The van der Waals surface area contributed by atoms with E-state index in [0.29, 0.717) is 5.89 Å². The quantitative estimate of drug-likeness (QED) is 0.863. The van der Waals surface area contributed by atoms with Gasteiger partial charge in [0.1, 0.15) is 12.3 Å². The van der Waals surface area contributed by atoms with Crippen molar-refractivity contribution in [1.82, 2.24) is 14.8 Å². The van der Waals surface area contributed by atoms with Gasteiger partial charge in [-0.1, -0.05) is 20.8 Å². The average molecular weight is 365 g/mol. The van der Waals surface area contributed by atoms with Gasteiger partial charge < -0.3 is 14.4 Å². The Labute approximate surface area is 155 Å². The lowest BCUT2D eigenvalue weighted by atomic mass is 9.94. The number of rotatable bonds is 5. The zero-order chi connectivity index (χ0) is 19.5. The molecule has 0 aromatic carbocycles. The first-order chi connectivity index (χ1) is 12.1. The number of carbonyl (C=O) groups excluding carboxylic acids is 1. The highest BCUT2D eigenvalue weighted by Gasteiger charge is 2.29. The summed E-state index contributed by atoms with van der Waals surface area (Å²) in [4.78, 5) is 31.2. The molecule has 26 heavy (non-hydrogen) atoms. The number of hydrogen-bond acceptors (Lipinski definition) is 5. The molecule has 0 radical (unpaired) electrons. The summed E-state index contributed by atoms with van der Waals surface area (Å²) in [5.74, 6) is 0.434. The Hall–Kier alpha value is -1.89. The number of nitrogens with zero attached hydrogens (tertiary/aromatic N) is 3. The molecule has 2 atom stereocenters. The minimum absolute atomic E-state index is 0.0319. The van der Waals surface area contributed by atoms with Crippen LogP contribution in [-0.4, -0.2) is 57.4 Å². The average Bonchev–Trinajstić information content (AvgIpc) is 2.91. The fourth-order valence-electron chi connectivity index (χ4n) is 3.43. The van der Waals surface area contributed by atoms with Crippen molar-refractivity contribution in [2.75, 3.05) is 19.6 Å². The zero-order valence-electron chi connectivity index (χ0n) is 16.5. The number of hydrogen-bond donors (Lipinski definition) is 1. The molecule has 1 aliphatic heterocycles. The predicted octanol–water partition coefficient (Wildman–Crippen LogP) is 2.82. The van der Waals surface area contributed by atoms with Crippen LogP contribution < -0.4 is 0 Å². The molecule has 1 N–H and O–H groups in total. The second-order valence-electron chi connectivity index (χ2n) is 8.15. The highest BCUT2D eigenvalue weighted by Crippen LogP contribution is 2.29. The van der Waals surface area contributed by atoms with Gasteiger partial charge in [0.2, 0.25) is 11.8 Å². The smallest absolute Gasteiger partial charge is 0.323 e. The highest BCUT2D eigenvalue weighted by molar-refractivity contribution is 5.79. The molecule has 2 rings (SSSR count). The lowest BCUT2D eigenvalue weighted by molar-refractivity contribution is -0.145. The Kier molecular flexibility index (Phi) is 6.44. The van der Waals surface area contributed by atoms with Crippen molar-refractivity contribution in [2.24, 2.45) is 0 Å². The Balaban J connectivity index is 2.04. The van der Waals surface area contributed by atoms with E-state index in [1.807, 2.05) is 0 Å². The van der Waals surface area contributed by atoms with Crippen LogP contribution in [0, 0.1) is 0 Å². The van der Waals surface area contributed by atoms with E-state index >= 15 is 0 Å². The zero-order valence-corrected chi connectivity index (χ0v) is 16.5. The lowest BCUT2D eigenvalue weighted by Gasteiger charge is -2.29. The van der Waals surface area contributed by atoms with Crippen LogP contribution in [0.2, 0.25) is 0 Å². The minimum atomic E-state index is -0.968. The molecule has 0 bridgehead atoms. The van der Waals surface area contributed by atoms with Crippen LogP contribution >= 0.6 is 0 Å². The van der Waals surface area contributed by atoms with Crippen LogP contribution in [0.1, 0.15) is 71.6 Å². The number of likely N-dealkylation sites (tertiary alicyclic amines) is 1. The van der Waals surface area contributed by atoms with Crippen LogP contribution in [0.25, 0.3) is 0 Å². The Bertz CT molecular complexity index is 635. The molecule has 2 heterocycles. The summed E-state index contributed by atoms with van der Waals surface area (Å²) in [6.07, 6.45) is 4.28. The number of amides is 1. The molecule has 1 aliphatic rings. The van der Waals surface area contributed by atoms with E-state index in [2.05, 4.69) is 37.6 Å². The maximum Gasteiger partial charge on any atom is 0.323 e. The molecule has 7 nitrogen and oxygen atoms in total. The Morgan fingerprint density at radius 1 is 1.38 bits per heavy atom. The molecular weight excluding hydrogens is 334 g/mol. The van der Waals surface area contributed by atoms with Gasteiger partial charge in [0.25, 0.3) is 0 Å². The SMILES string of the molecule is CC(=O)N(CC(=O)O)C1CCCN(C(C)c2ncc(C(C)(C)C)o2)CC1. The van der Waals surface area contributed by atoms with E-state index in [9.17, 15) is 9.59 Å². The summed E-state index contributed by atoms with van der Waals surface area (Å²) in [6, 6.07) is 0.0191. The van der Waals surface area contributed by atoms with Gasteiger partial charge in [0.05, 0.1) is 12.2 Å². The molecule has 0 aliphatic carbocycles. The minimum Gasteiger partial charge on any atom is -0.480 e. The van der Waals surface area contributed by atoms with E-state index in [1.54, 1.807) is 6.20 Å². The van der Waals surface area contributed by atoms with Crippen LogP contribution in [0.4, 0.5) is 0 Å². The molecule has 1 amide bonds. The number of carbonyl (C=O) groups is 2. The molecule has 0 spiro atoms. The first-order valence-corrected chi connectivity index (χ1v) is 9.29. The summed E-state index contributed by atoms with van der Waals surface area (Å²) >= 11 is 0. The summed E-state index contributed by atoms with van der Waals surface area (Å²) in [7, 11) is 0. The van der Waals surface area contributed by atoms with E-state index in [0.717, 1.165) is 38.1 Å². The van der Waals surface area contributed by atoms with Crippen molar-refractivity contribution in [2.45, 2.75) is 71.4 Å². The Morgan fingerprint density at radius 2 is 2.08 bits per heavy atom. The summed E-state index contributed by atoms with van der Waals surface area (Å²) in [5, 5.41) is 9.07. The van der Waals surface area contributed by atoms with Gasteiger partial charge >= 0.3 is 5.97 Å². The fraction of sp³-hybridized carbons (Fsp3) is 0.737. The van der Waals surface area contributed by atoms with Gasteiger partial charge in [-0.25, -0.2) is 4.98 Å². The molecule has 2 unspecified atom stereocenters. The lowest BCUT2D eigenvalue weighted by Crippen LogP contribution is -2.42. The summed E-state index contributed by atoms with van der Waals surface area (Å²) in [6.45, 7) is 11.2. The van der Waals surface area contributed by atoms with Crippen molar-refractivity contribution in [1.29, 1.82) is 0 Å². The van der Waals surface area contributed by atoms with Crippen molar-refractivity contribution >= 4 is 11.9 Å². The normalized spacial score (nSPS) is 20.4. The van der Waals surface area contributed by atoms with Gasteiger partial charge in [0, 0.05) is 24.9 Å². The Morgan fingerprint density at radius 3 is 2.62 bits per heavy atom. The number of aromatic nitrogens is 1. The monoisotopic (exact) mass is 365 g/mol. The van der Waals surface area contributed by atoms with E-state index in [4.69, 9.17) is 9.52 Å². The first kappa shape index (κ1) is 20.4. The third-order valence-electron chi connectivity index (χ3n) is 5.05. The van der Waals surface area contributed by atoms with E-state index in [-0.39, 0.29) is 30.0 Å². The highest BCUT2D eigenvalue weighted by atomic mass is 16.4. The predicted molar refractivity (Wildman–Crippen MR) is 97.9 cm³/mol. The van der Waals surface area contributed by atoms with Gasteiger partial charge in [-0.2, -0.15) is 0 Å². The van der Waals surface area contributed by atoms with Crippen molar-refractivity contribution in [3.63, 3.8) is 0 Å². The van der Waals surface area contributed by atoms with Gasteiger partial charge in [0.15, 0.2) is 0 Å². The topological polar surface area (TPSA) is 86.9 Å². The number of oxazole rings is 1. The van der Waals surface area contributed by atoms with Crippen molar-refractivity contribution in [3.05, 3.63) is 17.8 Å². The van der Waals surface area contributed by atoms with E-state index < -0.39 is 5.97 Å².